The molecule has 1 aliphatic carbocycles. The van der Waals surface area contributed by atoms with Crippen molar-refractivity contribution in [2.75, 3.05) is 18.5 Å². The molecule has 1 fully saturated rings. The normalized spacial score (nSPS) is 27.6. The molecule has 1 heterocycles. The lowest BCUT2D eigenvalue weighted by Crippen LogP contribution is -2.35. The van der Waals surface area contributed by atoms with Crippen molar-refractivity contribution in [1.29, 1.82) is 0 Å². The van der Waals surface area contributed by atoms with Crippen molar-refractivity contribution in [2.45, 2.75) is 59.3 Å². The molecule has 1 unspecified atom stereocenters. The average molecular weight is 287 g/mol. The quantitative estimate of drug-likeness (QED) is 0.842. The molecule has 2 nitrogen and oxygen atoms in total. The maximum Gasteiger partial charge on any atom is 0.121 e. The Morgan fingerprint density at radius 3 is 2.81 bits per heavy atom. The second kappa shape index (κ2) is 5.55. The van der Waals surface area contributed by atoms with E-state index in [1.165, 1.54) is 49.8 Å². The van der Waals surface area contributed by atoms with Crippen LogP contribution < -0.4 is 10.1 Å². The first-order valence-electron chi connectivity index (χ1n) is 8.46. The first-order chi connectivity index (χ1) is 9.96. The van der Waals surface area contributed by atoms with Gasteiger partial charge in [-0.1, -0.05) is 33.3 Å². The van der Waals surface area contributed by atoms with E-state index in [-0.39, 0.29) is 0 Å². The smallest absolute Gasteiger partial charge is 0.121 e. The zero-order valence-corrected chi connectivity index (χ0v) is 13.8. The third-order valence-corrected chi connectivity index (χ3v) is 5.15. The zero-order valence-electron chi connectivity index (χ0n) is 13.8. The molecule has 0 aromatic heterocycles. The average Bonchev–Trinajstić information content (AvgIpc) is 2.44. The van der Waals surface area contributed by atoms with Gasteiger partial charge < -0.3 is 10.1 Å². The monoisotopic (exact) mass is 287 g/mol. The van der Waals surface area contributed by atoms with Crippen molar-refractivity contribution < 1.29 is 4.74 Å². The molecule has 1 aliphatic heterocycles. The summed E-state index contributed by atoms with van der Waals surface area (Å²) in [6.07, 6.45) is 7.67. The van der Waals surface area contributed by atoms with Crippen LogP contribution in [0.25, 0.3) is 0 Å². The van der Waals surface area contributed by atoms with Gasteiger partial charge in [-0.25, -0.2) is 0 Å². The first-order valence-corrected chi connectivity index (χ1v) is 8.46. The minimum Gasteiger partial charge on any atom is -0.493 e. The Hall–Kier alpha value is -1.18. The topological polar surface area (TPSA) is 21.3 Å². The van der Waals surface area contributed by atoms with E-state index in [4.69, 9.17) is 4.74 Å². The molecule has 0 spiro atoms. The summed E-state index contributed by atoms with van der Waals surface area (Å²) in [6, 6.07) is 6.55. The summed E-state index contributed by atoms with van der Waals surface area (Å²) in [5.41, 5.74) is 3.49. The highest BCUT2D eigenvalue weighted by atomic mass is 16.5. The van der Waals surface area contributed by atoms with Gasteiger partial charge in [-0.15, -0.1) is 0 Å². The van der Waals surface area contributed by atoms with Crippen molar-refractivity contribution in [2.24, 2.45) is 10.8 Å². The lowest BCUT2D eigenvalue weighted by Gasteiger charge is -2.42. The van der Waals surface area contributed by atoms with Gasteiger partial charge in [0, 0.05) is 23.7 Å². The molecule has 2 aliphatic rings. The predicted molar refractivity (Wildman–Crippen MR) is 89.1 cm³/mol. The van der Waals surface area contributed by atoms with Gasteiger partial charge in [0.15, 0.2) is 0 Å². The molecular formula is C19H29NO. The van der Waals surface area contributed by atoms with E-state index in [1.54, 1.807) is 0 Å². The third-order valence-electron chi connectivity index (χ3n) is 5.15. The maximum atomic E-state index is 6.17. The molecule has 0 radical (unpaired) electrons. The molecule has 1 N–H and O–H groups in total. The Morgan fingerprint density at radius 1 is 1.14 bits per heavy atom. The Kier molecular flexibility index (Phi) is 3.90. The van der Waals surface area contributed by atoms with Gasteiger partial charge >= 0.3 is 0 Å². The van der Waals surface area contributed by atoms with Crippen LogP contribution in [0.3, 0.4) is 0 Å². The maximum absolute atomic E-state index is 6.17. The van der Waals surface area contributed by atoms with Gasteiger partial charge in [-0.05, 0) is 49.1 Å². The zero-order chi connectivity index (χ0) is 14.9. The molecule has 1 aromatic rings. The van der Waals surface area contributed by atoms with E-state index in [1.807, 2.05) is 0 Å². The van der Waals surface area contributed by atoms with Crippen LogP contribution in [0.5, 0.6) is 5.75 Å². The van der Waals surface area contributed by atoms with Crippen LogP contribution in [0.4, 0.5) is 5.69 Å². The standard InChI is InChI=1S/C19H29NO/c1-18(2)9-5-10-19(3,13-18)14-21-16-8-7-15-6-4-11-20-17(15)12-16/h7-8,12,20H,4-6,9-11,13-14H2,1-3H3. The molecule has 0 amide bonds. The highest BCUT2D eigenvalue weighted by molar-refractivity contribution is 5.56. The molecule has 1 aromatic carbocycles. The fourth-order valence-electron chi connectivity index (χ4n) is 4.24. The fraction of sp³-hybridized carbons (Fsp3) is 0.684. The fourth-order valence-corrected chi connectivity index (χ4v) is 4.24. The number of rotatable bonds is 3. The Balaban J connectivity index is 1.64. The van der Waals surface area contributed by atoms with Crippen LogP contribution in [0.1, 0.15) is 58.4 Å². The summed E-state index contributed by atoms with van der Waals surface area (Å²) in [6.45, 7) is 9.11. The van der Waals surface area contributed by atoms with Crippen molar-refractivity contribution >= 4 is 5.69 Å². The van der Waals surface area contributed by atoms with E-state index in [9.17, 15) is 0 Å². The summed E-state index contributed by atoms with van der Waals surface area (Å²) in [4.78, 5) is 0. The lowest BCUT2D eigenvalue weighted by molar-refractivity contribution is 0.0505. The van der Waals surface area contributed by atoms with Crippen LogP contribution in [-0.2, 0) is 6.42 Å². The minimum atomic E-state index is 0.324. The predicted octanol–water partition coefficient (Wildman–Crippen LogP) is 5.03. The second-order valence-electron chi connectivity index (χ2n) is 8.14. The van der Waals surface area contributed by atoms with Gasteiger partial charge in [-0.2, -0.15) is 0 Å². The van der Waals surface area contributed by atoms with Crippen LogP contribution in [0, 0.1) is 10.8 Å². The Bertz CT molecular complexity index is 508. The molecule has 1 atom stereocenters. The molecule has 21 heavy (non-hydrogen) atoms. The van der Waals surface area contributed by atoms with Gasteiger partial charge in [-0.3, -0.25) is 0 Å². The molecule has 3 rings (SSSR count). The summed E-state index contributed by atoms with van der Waals surface area (Å²) < 4.78 is 6.17. The largest absolute Gasteiger partial charge is 0.493 e. The Labute approximate surface area is 129 Å². The SMILES string of the molecule is CC1(C)CCCC(C)(COc2ccc3c(c2)NCCC3)C1. The second-order valence-corrected chi connectivity index (χ2v) is 8.14. The summed E-state index contributed by atoms with van der Waals surface area (Å²) in [5, 5.41) is 3.48. The molecule has 2 heteroatoms. The van der Waals surface area contributed by atoms with Gasteiger partial charge in [0.25, 0.3) is 0 Å². The molecule has 0 bridgehead atoms. The van der Waals surface area contributed by atoms with Crippen LogP contribution in [0.2, 0.25) is 0 Å². The first kappa shape index (κ1) is 14.7. The van der Waals surface area contributed by atoms with Crippen LogP contribution in [0.15, 0.2) is 18.2 Å². The molecule has 1 saturated carbocycles. The highest BCUT2D eigenvalue weighted by Crippen LogP contribution is 2.46. The number of hydrogen-bond donors (Lipinski definition) is 1. The van der Waals surface area contributed by atoms with Gasteiger partial charge in [0.1, 0.15) is 5.75 Å². The lowest BCUT2D eigenvalue weighted by atomic mass is 9.65. The van der Waals surface area contributed by atoms with Gasteiger partial charge in [0.05, 0.1) is 6.61 Å². The van der Waals surface area contributed by atoms with E-state index < -0.39 is 0 Å². The van der Waals surface area contributed by atoms with Crippen LogP contribution >= 0.6 is 0 Å². The Morgan fingerprint density at radius 2 is 2.00 bits per heavy atom. The number of fused-ring (bicyclic) bond motifs is 1. The number of aryl methyl sites for hydroxylation is 1. The molecular weight excluding hydrogens is 258 g/mol. The summed E-state index contributed by atoms with van der Waals surface area (Å²) in [7, 11) is 0. The van der Waals surface area contributed by atoms with Crippen molar-refractivity contribution in [3.63, 3.8) is 0 Å². The summed E-state index contributed by atoms with van der Waals surface area (Å²) >= 11 is 0. The summed E-state index contributed by atoms with van der Waals surface area (Å²) in [5.74, 6) is 1.02. The van der Waals surface area contributed by atoms with Gasteiger partial charge in [0.2, 0.25) is 0 Å². The van der Waals surface area contributed by atoms with Crippen molar-refractivity contribution in [3.05, 3.63) is 23.8 Å². The minimum absolute atomic E-state index is 0.324. The molecule has 116 valence electrons. The number of benzene rings is 1. The van der Waals surface area contributed by atoms with Crippen molar-refractivity contribution in [1.82, 2.24) is 0 Å². The molecule has 0 saturated heterocycles. The third kappa shape index (κ3) is 3.53. The van der Waals surface area contributed by atoms with E-state index >= 15 is 0 Å². The number of anilines is 1. The van der Waals surface area contributed by atoms with E-state index in [2.05, 4.69) is 44.3 Å². The number of hydrogen-bond acceptors (Lipinski definition) is 2. The van der Waals surface area contributed by atoms with E-state index in [0.29, 0.717) is 10.8 Å². The highest BCUT2D eigenvalue weighted by Gasteiger charge is 2.37. The van der Waals surface area contributed by atoms with Crippen LogP contribution in [-0.4, -0.2) is 13.2 Å². The number of nitrogens with one attached hydrogen (secondary N) is 1. The van der Waals surface area contributed by atoms with E-state index in [0.717, 1.165) is 18.9 Å². The van der Waals surface area contributed by atoms with Crippen molar-refractivity contribution in [3.8, 4) is 5.75 Å². The number of ether oxygens (including phenoxy) is 1.